The molecule has 1 rings (SSSR count). The number of carboxylic acid groups (broad SMARTS) is 1. The van der Waals surface area contributed by atoms with Crippen LogP contribution in [0.4, 0.5) is 5.69 Å². The van der Waals surface area contributed by atoms with Crippen molar-refractivity contribution in [3.05, 3.63) is 29.3 Å². The van der Waals surface area contributed by atoms with Gasteiger partial charge in [-0.2, -0.15) is 0 Å². The van der Waals surface area contributed by atoms with Gasteiger partial charge < -0.3 is 10.8 Å². The highest BCUT2D eigenvalue weighted by atomic mass is 16.4. The quantitative estimate of drug-likeness (QED) is 0.728. The molecule has 3 heteroatoms. The van der Waals surface area contributed by atoms with Gasteiger partial charge in [0, 0.05) is 12.1 Å². The molecule has 0 heterocycles. The first-order valence-corrected chi connectivity index (χ1v) is 5.22. The zero-order valence-electron chi connectivity index (χ0n) is 8.99. The van der Waals surface area contributed by atoms with Gasteiger partial charge in [-0.1, -0.05) is 19.1 Å². The van der Waals surface area contributed by atoms with Gasteiger partial charge in [0.25, 0.3) is 0 Å². The maximum atomic E-state index is 10.3. The first-order valence-electron chi connectivity index (χ1n) is 5.22. The molecule has 0 bridgehead atoms. The van der Waals surface area contributed by atoms with E-state index in [1.54, 1.807) is 0 Å². The first-order chi connectivity index (χ1) is 7.13. The lowest BCUT2D eigenvalue weighted by atomic mass is 10.0. The summed E-state index contributed by atoms with van der Waals surface area (Å²) in [5.74, 6) is -0.751. The Morgan fingerprint density at radius 3 is 2.73 bits per heavy atom. The first kappa shape index (κ1) is 11.6. The van der Waals surface area contributed by atoms with Crippen molar-refractivity contribution < 1.29 is 9.90 Å². The molecule has 0 spiro atoms. The fourth-order valence-corrected chi connectivity index (χ4v) is 1.52. The van der Waals surface area contributed by atoms with Crippen molar-refractivity contribution >= 4 is 11.7 Å². The van der Waals surface area contributed by atoms with Crippen LogP contribution in [-0.4, -0.2) is 11.1 Å². The van der Waals surface area contributed by atoms with Crippen LogP contribution in [0.5, 0.6) is 0 Å². The number of rotatable bonds is 5. The molecule has 82 valence electrons. The monoisotopic (exact) mass is 207 g/mol. The van der Waals surface area contributed by atoms with Crippen LogP contribution in [0, 0.1) is 0 Å². The van der Waals surface area contributed by atoms with E-state index in [2.05, 4.69) is 6.92 Å². The van der Waals surface area contributed by atoms with Crippen molar-refractivity contribution in [1.82, 2.24) is 0 Å². The van der Waals surface area contributed by atoms with Gasteiger partial charge in [0.1, 0.15) is 0 Å². The molecule has 0 atom stereocenters. The lowest BCUT2D eigenvalue weighted by Gasteiger charge is -2.06. The molecular weight excluding hydrogens is 190 g/mol. The summed E-state index contributed by atoms with van der Waals surface area (Å²) in [6, 6.07) is 6.01. The minimum atomic E-state index is -0.751. The van der Waals surface area contributed by atoms with Crippen molar-refractivity contribution in [3.8, 4) is 0 Å². The van der Waals surface area contributed by atoms with Gasteiger partial charge in [-0.05, 0) is 36.5 Å². The smallest absolute Gasteiger partial charge is 0.303 e. The van der Waals surface area contributed by atoms with Gasteiger partial charge in [-0.15, -0.1) is 0 Å². The predicted octanol–water partition coefficient (Wildman–Crippen LogP) is 2.24. The van der Waals surface area contributed by atoms with Crippen LogP contribution in [0.2, 0.25) is 0 Å². The fraction of sp³-hybridized carbons (Fsp3) is 0.417. The normalized spacial score (nSPS) is 10.2. The molecule has 3 N–H and O–H groups in total. The molecule has 1 aromatic carbocycles. The number of hydrogen-bond acceptors (Lipinski definition) is 2. The summed E-state index contributed by atoms with van der Waals surface area (Å²) in [6.07, 6.45) is 2.56. The SMILES string of the molecule is CCc1ccc(CCCC(=O)O)c(N)c1. The van der Waals surface area contributed by atoms with E-state index in [-0.39, 0.29) is 6.42 Å². The molecule has 0 saturated carbocycles. The van der Waals surface area contributed by atoms with E-state index in [9.17, 15) is 4.79 Å². The van der Waals surface area contributed by atoms with E-state index in [1.807, 2.05) is 18.2 Å². The van der Waals surface area contributed by atoms with Crippen LogP contribution in [0.15, 0.2) is 18.2 Å². The number of benzene rings is 1. The Morgan fingerprint density at radius 1 is 1.47 bits per heavy atom. The summed E-state index contributed by atoms with van der Waals surface area (Å²) < 4.78 is 0. The standard InChI is InChI=1S/C12H17NO2/c1-2-9-6-7-10(11(13)8-9)4-3-5-12(14)15/h6-8H,2-5,13H2,1H3,(H,14,15). The maximum Gasteiger partial charge on any atom is 0.303 e. The number of anilines is 1. The van der Waals surface area contributed by atoms with Crippen LogP contribution >= 0.6 is 0 Å². The molecule has 0 aliphatic rings. The molecule has 0 unspecified atom stereocenters. The fourth-order valence-electron chi connectivity index (χ4n) is 1.52. The molecule has 1 aromatic rings. The van der Waals surface area contributed by atoms with Gasteiger partial charge in [-0.3, -0.25) is 4.79 Å². The van der Waals surface area contributed by atoms with Crippen molar-refractivity contribution in [2.45, 2.75) is 32.6 Å². The Bertz CT molecular complexity index is 347. The van der Waals surface area contributed by atoms with Gasteiger partial charge in [0.05, 0.1) is 0 Å². The summed E-state index contributed by atoms with van der Waals surface area (Å²) in [7, 11) is 0. The predicted molar refractivity (Wildman–Crippen MR) is 60.8 cm³/mol. The van der Waals surface area contributed by atoms with Gasteiger partial charge in [0.15, 0.2) is 0 Å². The molecule has 0 saturated heterocycles. The van der Waals surface area contributed by atoms with Gasteiger partial charge >= 0.3 is 5.97 Å². The van der Waals surface area contributed by atoms with Crippen molar-refractivity contribution in [2.75, 3.05) is 5.73 Å². The van der Waals surface area contributed by atoms with E-state index >= 15 is 0 Å². The second kappa shape index (κ2) is 5.39. The van der Waals surface area contributed by atoms with E-state index in [1.165, 1.54) is 5.56 Å². The highest BCUT2D eigenvalue weighted by Crippen LogP contribution is 2.17. The third-order valence-electron chi connectivity index (χ3n) is 2.46. The number of nitrogens with two attached hydrogens (primary N) is 1. The van der Waals surface area contributed by atoms with Crippen LogP contribution < -0.4 is 5.73 Å². The van der Waals surface area contributed by atoms with Gasteiger partial charge in [-0.25, -0.2) is 0 Å². The summed E-state index contributed by atoms with van der Waals surface area (Å²) in [5.41, 5.74) is 8.91. The molecule has 0 amide bonds. The van der Waals surface area contributed by atoms with E-state index in [0.29, 0.717) is 6.42 Å². The second-order valence-electron chi connectivity index (χ2n) is 3.63. The lowest BCUT2D eigenvalue weighted by Crippen LogP contribution is -1.99. The van der Waals surface area contributed by atoms with Crippen LogP contribution in [-0.2, 0) is 17.6 Å². The van der Waals surface area contributed by atoms with E-state index in [4.69, 9.17) is 10.8 Å². The topological polar surface area (TPSA) is 63.3 Å². The second-order valence-corrected chi connectivity index (χ2v) is 3.63. The molecule has 0 aliphatic carbocycles. The Morgan fingerprint density at radius 2 is 2.20 bits per heavy atom. The third kappa shape index (κ3) is 3.62. The van der Waals surface area contributed by atoms with Crippen molar-refractivity contribution in [1.29, 1.82) is 0 Å². The summed E-state index contributed by atoms with van der Waals surface area (Å²) in [6.45, 7) is 2.08. The van der Waals surface area contributed by atoms with E-state index < -0.39 is 5.97 Å². The number of hydrogen-bond donors (Lipinski definition) is 2. The average Bonchev–Trinajstić information content (AvgIpc) is 2.20. The molecule has 0 radical (unpaired) electrons. The zero-order chi connectivity index (χ0) is 11.3. The van der Waals surface area contributed by atoms with Crippen LogP contribution in [0.1, 0.15) is 30.9 Å². The number of aryl methyl sites for hydroxylation is 2. The number of aliphatic carboxylic acids is 1. The van der Waals surface area contributed by atoms with Crippen LogP contribution in [0.25, 0.3) is 0 Å². The molecule has 3 nitrogen and oxygen atoms in total. The Balaban J connectivity index is 2.58. The number of nitrogen functional groups attached to an aromatic ring is 1. The molecule has 15 heavy (non-hydrogen) atoms. The average molecular weight is 207 g/mol. The van der Waals surface area contributed by atoms with Crippen molar-refractivity contribution in [3.63, 3.8) is 0 Å². The molecule has 0 fully saturated rings. The minimum absolute atomic E-state index is 0.203. The third-order valence-corrected chi connectivity index (χ3v) is 2.46. The minimum Gasteiger partial charge on any atom is -0.481 e. The highest BCUT2D eigenvalue weighted by Gasteiger charge is 2.02. The Hall–Kier alpha value is -1.51. The van der Waals surface area contributed by atoms with Gasteiger partial charge in [0.2, 0.25) is 0 Å². The number of carbonyl (C=O) groups is 1. The summed E-state index contributed by atoms with van der Waals surface area (Å²) in [4.78, 5) is 10.3. The summed E-state index contributed by atoms with van der Waals surface area (Å²) in [5, 5.41) is 8.51. The zero-order valence-corrected chi connectivity index (χ0v) is 8.99. The highest BCUT2D eigenvalue weighted by molar-refractivity contribution is 5.66. The van der Waals surface area contributed by atoms with Crippen LogP contribution in [0.3, 0.4) is 0 Å². The van der Waals surface area contributed by atoms with E-state index in [0.717, 1.165) is 24.1 Å². The largest absolute Gasteiger partial charge is 0.481 e. The molecule has 0 aliphatic heterocycles. The van der Waals surface area contributed by atoms with Crippen molar-refractivity contribution in [2.24, 2.45) is 0 Å². The number of carboxylic acids is 1. The molecular formula is C12H17NO2. The molecule has 0 aromatic heterocycles. The maximum absolute atomic E-state index is 10.3. The Labute approximate surface area is 89.9 Å². The Kier molecular flexibility index (Phi) is 4.16. The lowest BCUT2D eigenvalue weighted by molar-refractivity contribution is -0.137. The summed E-state index contributed by atoms with van der Waals surface area (Å²) >= 11 is 0.